The van der Waals surface area contributed by atoms with Crippen LogP contribution in [0.1, 0.15) is 44.6 Å². The minimum Gasteiger partial charge on any atom is -0.462 e. The number of aromatic nitrogens is 3. The number of hydrogen-bond donors (Lipinski definition) is 1. The number of fused-ring (bicyclic) bond motifs is 1. The van der Waals surface area contributed by atoms with E-state index in [1.165, 1.54) is 0 Å². The Bertz CT molecular complexity index is 1050. The van der Waals surface area contributed by atoms with E-state index >= 15 is 0 Å². The Labute approximate surface area is 182 Å². The van der Waals surface area contributed by atoms with Crippen LogP contribution in [-0.4, -0.2) is 33.5 Å². The molecule has 0 fully saturated rings. The number of amides is 1. The summed E-state index contributed by atoms with van der Waals surface area (Å²) in [6.07, 6.45) is 3.77. The summed E-state index contributed by atoms with van der Waals surface area (Å²) in [6, 6.07) is 13.5. The van der Waals surface area contributed by atoms with Crippen LogP contribution in [0.15, 0.2) is 54.6 Å². The van der Waals surface area contributed by atoms with Crippen LogP contribution in [0, 0.1) is 6.92 Å². The SMILES string of the molecule is C=C(C)C(=O)OCCCCCCC(=O)Nc1ccc(C)cc1-n1nc2ccccc2n1. The number of anilines is 1. The number of benzene rings is 2. The van der Waals surface area contributed by atoms with Crippen LogP contribution in [0.25, 0.3) is 16.7 Å². The van der Waals surface area contributed by atoms with Gasteiger partial charge in [0.1, 0.15) is 16.7 Å². The van der Waals surface area contributed by atoms with E-state index in [1.807, 2.05) is 49.4 Å². The molecule has 0 unspecified atom stereocenters. The molecule has 31 heavy (non-hydrogen) atoms. The minimum absolute atomic E-state index is 0.0458. The Kier molecular flexibility index (Phi) is 7.54. The van der Waals surface area contributed by atoms with Crippen LogP contribution in [0.2, 0.25) is 0 Å². The number of esters is 1. The zero-order chi connectivity index (χ0) is 22.2. The highest BCUT2D eigenvalue weighted by Crippen LogP contribution is 2.22. The number of hydrogen-bond acceptors (Lipinski definition) is 5. The molecule has 3 rings (SSSR count). The smallest absolute Gasteiger partial charge is 0.333 e. The molecule has 0 saturated carbocycles. The lowest BCUT2D eigenvalue weighted by molar-refractivity contribution is -0.139. The Morgan fingerprint density at radius 3 is 2.39 bits per heavy atom. The Hall–Kier alpha value is -3.48. The maximum Gasteiger partial charge on any atom is 0.333 e. The van der Waals surface area contributed by atoms with Crippen molar-refractivity contribution >= 4 is 28.6 Å². The molecular formula is C24H28N4O3. The van der Waals surface area contributed by atoms with Gasteiger partial charge in [0.05, 0.1) is 12.3 Å². The van der Waals surface area contributed by atoms with Crippen LogP contribution in [0.5, 0.6) is 0 Å². The molecule has 2 aromatic carbocycles. The van der Waals surface area contributed by atoms with E-state index in [2.05, 4.69) is 22.1 Å². The predicted molar refractivity (Wildman–Crippen MR) is 121 cm³/mol. The van der Waals surface area contributed by atoms with E-state index in [0.717, 1.165) is 48.0 Å². The third-order valence-corrected chi connectivity index (χ3v) is 4.81. The minimum atomic E-state index is -0.354. The largest absolute Gasteiger partial charge is 0.462 e. The van der Waals surface area contributed by atoms with Crippen molar-refractivity contribution in [3.8, 4) is 5.69 Å². The summed E-state index contributed by atoms with van der Waals surface area (Å²) in [5, 5.41) is 12.1. The Morgan fingerprint density at radius 1 is 1.03 bits per heavy atom. The maximum atomic E-state index is 12.5. The molecule has 1 aromatic heterocycles. The average molecular weight is 421 g/mol. The van der Waals surface area contributed by atoms with Crippen LogP contribution in [0.3, 0.4) is 0 Å². The molecule has 162 valence electrons. The van der Waals surface area contributed by atoms with E-state index in [9.17, 15) is 9.59 Å². The molecule has 0 bridgehead atoms. The fourth-order valence-electron chi connectivity index (χ4n) is 3.12. The van der Waals surface area contributed by atoms with E-state index in [1.54, 1.807) is 11.7 Å². The van der Waals surface area contributed by atoms with Crippen LogP contribution in [0.4, 0.5) is 5.69 Å². The van der Waals surface area contributed by atoms with Crippen molar-refractivity contribution in [1.82, 2.24) is 15.0 Å². The second-order valence-electron chi connectivity index (χ2n) is 7.63. The molecule has 0 saturated heterocycles. The predicted octanol–water partition coefficient (Wildman–Crippen LogP) is 4.74. The van der Waals surface area contributed by atoms with Gasteiger partial charge < -0.3 is 10.1 Å². The highest BCUT2D eigenvalue weighted by molar-refractivity contribution is 5.93. The fourth-order valence-corrected chi connectivity index (χ4v) is 3.12. The molecule has 0 aliphatic rings. The molecule has 0 aliphatic carbocycles. The molecule has 3 aromatic rings. The second-order valence-corrected chi connectivity index (χ2v) is 7.63. The number of nitrogens with zero attached hydrogens (tertiary/aromatic N) is 3. The van der Waals surface area contributed by atoms with Crippen molar-refractivity contribution < 1.29 is 14.3 Å². The van der Waals surface area contributed by atoms with Gasteiger partial charge in [0, 0.05) is 12.0 Å². The summed E-state index contributed by atoms with van der Waals surface area (Å²) in [5.74, 6) is -0.400. The van der Waals surface area contributed by atoms with Gasteiger partial charge in [-0.1, -0.05) is 37.6 Å². The zero-order valence-corrected chi connectivity index (χ0v) is 18.1. The van der Waals surface area contributed by atoms with E-state index in [0.29, 0.717) is 24.3 Å². The standard InChI is InChI=1S/C24H28N4O3/c1-17(2)24(30)31-15-9-5-4-6-12-23(29)25-21-14-13-18(3)16-22(21)28-26-19-10-7-8-11-20(19)27-28/h7-8,10-11,13-14,16H,1,4-6,9,12,15H2,2-3H3,(H,25,29). The van der Waals surface area contributed by atoms with Gasteiger partial charge in [-0.2, -0.15) is 0 Å². The summed E-state index contributed by atoms with van der Waals surface area (Å²) in [7, 11) is 0. The van der Waals surface area contributed by atoms with Crippen molar-refractivity contribution in [2.24, 2.45) is 0 Å². The normalized spacial score (nSPS) is 10.8. The Balaban J connectivity index is 1.51. The van der Waals surface area contributed by atoms with E-state index in [4.69, 9.17) is 4.74 Å². The highest BCUT2D eigenvalue weighted by atomic mass is 16.5. The van der Waals surface area contributed by atoms with Crippen molar-refractivity contribution in [3.05, 3.63) is 60.2 Å². The second kappa shape index (κ2) is 10.5. The quantitative estimate of drug-likeness (QED) is 0.291. The molecule has 7 heteroatoms. The summed E-state index contributed by atoms with van der Waals surface area (Å²) in [6.45, 7) is 7.56. The lowest BCUT2D eigenvalue weighted by atomic mass is 10.1. The molecule has 0 spiro atoms. The molecule has 0 aliphatic heterocycles. The fraction of sp³-hybridized carbons (Fsp3) is 0.333. The number of carbonyl (C=O) groups is 2. The monoisotopic (exact) mass is 420 g/mol. The summed E-state index contributed by atoms with van der Waals surface area (Å²) in [5.41, 5.74) is 4.49. The van der Waals surface area contributed by atoms with Gasteiger partial charge in [-0.3, -0.25) is 4.79 Å². The number of ether oxygens (including phenoxy) is 1. The van der Waals surface area contributed by atoms with Crippen molar-refractivity contribution in [2.75, 3.05) is 11.9 Å². The number of carbonyl (C=O) groups excluding carboxylic acids is 2. The van der Waals surface area contributed by atoms with Gasteiger partial charge in [0.15, 0.2) is 0 Å². The molecule has 0 atom stereocenters. The van der Waals surface area contributed by atoms with Gasteiger partial charge in [0.2, 0.25) is 5.91 Å². The van der Waals surface area contributed by atoms with Crippen molar-refractivity contribution in [3.63, 3.8) is 0 Å². The molecule has 0 radical (unpaired) electrons. The third kappa shape index (κ3) is 6.25. The summed E-state index contributed by atoms with van der Waals surface area (Å²) in [4.78, 5) is 25.3. The highest BCUT2D eigenvalue weighted by Gasteiger charge is 2.12. The maximum absolute atomic E-state index is 12.5. The number of unbranched alkanes of at least 4 members (excludes halogenated alkanes) is 3. The van der Waals surface area contributed by atoms with Crippen molar-refractivity contribution in [2.45, 2.75) is 46.0 Å². The number of nitrogens with one attached hydrogen (secondary N) is 1. The summed E-state index contributed by atoms with van der Waals surface area (Å²) < 4.78 is 5.06. The first kappa shape index (κ1) is 22.2. The van der Waals surface area contributed by atoms with E-state index in [-0.39, 0.29) is 11.9 Å². The van der Waals surface area contributed by atoms with Gasteiger partial charge in [-0.05, 0) is 56.5 Å². The van der Waals surface area contributed by atoms with Gasteiger partial charge in [-0.25, -0.2) is 4.79 Å². The van der Waals surface area contributed by atoms with Crippen LogP contribution in [-0.2, 0) is 14.3 Å². The lowest BCUT2D eigenvalue weighted by Gasteiger charge is -2.11. The zero-order valence-electron chi connectivity index (χ0n) is 18.1. The van der Waals surface area contributed by atoms with Gasteiger partial charge in [0.25, 0.3) is 0 Å². The first-order chi connectivity index (χ1) is 14.9. The molecule has 1 amide bonds. The van der Waals surface area contributed by atoms with Crippen molar-refractivity contribution in [1.29, 1.82) is 0 Å². The third-order valence-electron chi connectivity index (χ3n) is 4.81. The molecule has 7 nitrogen and oxygen atoms in total. The first-order valence-electron chi connectivity index (χ1n) is 10.5. The average Bonchev–Trinajstić information content (AvgIpc) is 3.18. The number of rotatable bonds is 10. The van der Waals surface area contributed by atoms with Crippen LogP contribution < -0.4 is 5.32 Å². The topological polar surface area (TPSA) is 86.1 Å². The lowest BCUT2D eigenvalue weighted by Crippen LogP contribution is -2.14. The van der Waals surface area contributed by atoms with Crippen LogP contribution >= 0.6 is 0 Å². The molecule has 1 heterocycles. The first-order valence-corrected chi connectivity index (χ1v) is 10.5. The molecule has 1 N–H and O–H groups in total. The Morgan fingerprint density at radius 2 is 1.71 bits per heavy atom. The molecular weight excluding hydrogens is 392 g/mol. The number of aryl methyl sites for hydroxylation is 1. The summed E-state index contributed by atoms with van der Waals surface area (Å²) >= 11 is 0. The van der Waals surface area contributed by atoms with Gasteiger partial charge >= 0.3 is 5.97 Å². The van der Waals surface area contributed by atoms with Gasteiger partial charge in [-0.15, -0.1) is 15.0 Å². The van der Waals surface area contributed by atoms with E-state index < -0.39 is 0 Å².